The van der Waals surface area contributed by atoms with Gasteiger partial charge in [-0.05, 0) is 30.9 Å². The molecule has 0 saturated carbocycles. The van der Waals surface area contributed by atoms with Gasteiger partial charge in [0.1, 0.15) is 5.82 Å². The number of hydrogen-bond donors (Lipinski definition) is 2. The Balaban J connectivity index is 2.19. The summed E-state index contributed by atoms with van der Waals surface area (Å²) in [4.78, 5) is 2.21. The summed E-state index contributed by atoms with van der Waals surface area (Å²) in [7, 11) is 0. The van der Waals surface area contributed by atoms with E-state index in [4.69, 9.17) is 0 Å². The van der Waals surface area contributed by atoms with Crippen molar-refractivity contribution in [3.05, 3.63) is 29.6 Å². The van der Waals surface area contributed by atoms with Gasteiger partial charge in [0.15, 0.2) is 0 Å². The Morgan fingerprint density at radius 3 is 2.95 bits per heavy atom. The normalized spacial score (nSPS) is 19.6. The SMILES string of the molecule is CC(C)NCc1c(F)cccc1N1CCCC(CO)C1. The van der Waals surface area contributed by atoms with Crippen LogP contribution in [0, 0.1) is 11.7 Å². The summed E-state index contributed by atoms with van der Waals surface area (Å²) in [6.45, 7) is 6.63. The maximum atomic E-state index is 14.1. The molecule has 0 spiro atoms. The van der Waals surface area contributed by atoms with Crippen LogP contribution in [0.15, 0.2) is 18.2 Å². The molecule has 1 aliphatic rings. The number of benzene rings is 1. The number of halogens is 1. The average Bonchev–Trinajstić information content (AvgIpc) is 2.45. The lowest BCUT2D eigenvalue weighted by molar-refractivity contribution is 0.208. The number of rotatable bonds is 5. The molecule has 3 nitrogen and oxygen atoms in total. The number of nitrogens with one attached hydrogen (secondary N) is 1. The van der Waals surface area contributed by atoms with Gasteiger partial charge in [-0.25, -0.2) is 4.39 Å². The molecule has 2 rings (SSSR count). The van der Waals surface area contributed by atoms with Crippen molar-refractivity contribution in [2.45, 2.75) is 39.3 Å². The van der Waals surface area contributed by atoms with Crippen molar-refractivity contribution in [2.24, 2.45) is 5.92 Å². The summed E-state index contributed by atoms with van der Waals surface area (Å²) in [6, 6.07) is 5.61. The van der Waals surface area contributed by atoms with Gasteiger partial charge in [0.2, 0.25) is 0 Å². The Kier molecular flexibility index (Phi) is 5.38. The minimum Gasteiger partial charge on any atom is -0.396 e. The molecular formula is C16H25FN2O. The molecule has 1 saturated heterocycles. The second-order valence-electron chi connectivity index (χ2n) is 5.91. The third kappa shape index (κ3) is 3.70. The first-order valence-electron chi connectivity index (χ1n) is 7.48. The van der Waals surface area contributed by atoms with E-state index in [0.29, 0.717) is 18.5 Å². The zero-order chi connectivity index (χ0) is 14.5. The molecule has 1 aromatic carbocycles. The van der Waals surface area contributed by atoms with Crippen molar-refractivity contribution in [2.75, 3.05) is 24.6 Å². The highest BCUT2D eigenvalue weighted by Gasteiger charge is 2.22. The molecule has 0 radical (unpaired) electrons. The lowest BCUT2D eigenvalue weighted by Gasteiger charge is -2.35. The van der Waals surface area contributed by atoms with E-state index in [1.54, 1.807) is 6.07 Å². The summed E-state index contributed by atoms with van der Waals surface area (Å²) in [5.74, 6) is 0.152. The first kappa shape index (κ1) is 15.3. The van der Waals surface area contributed by atoms with Crippen molar-refractivity contribution in [1.29, 1.82) is 0 Å². The summed E-state index contributed by atoms with van der Waals surface area (Å²) < 4.78 is 14.1. The zero-order valence-corrected chi connectivity index (χ0v) is 12.4. The number of nitrogens with zero attached hydrogens (tertiary/aromatic N) is 1. The van der Waals surface area contributed by atoms with Crippen molar-refractivity contribution in [1.82, 2.24) is 5.32 Å². The molecule has 1 unspecified atom stereocenters. The van der Waals surface area contributed by atoms with Gasteiger partial charge >= 0.3 is 0 Å². The first-order valence-corrected chi connectivity index (χ1v) is 7.48. The molecule has 112 valence electrons. The predicted octanol–water partition coefficient (Wildman–Crippen LogP) is 2.53. The van der Waals surface area contributed by atoms with Crippen LogP contribution in [0.25, 0.3) is 0 Å². The molecule has 2 N–H and O–H groups in total. The molecule has 1 heterocycles. The lowest BCUT2D eigenvalue weighted by Crippen LogP contribution is -2.38. The van der Waals surface area contributed by atoms with E-state index < -0.39 is 0 Å². The number of aliphatic hydroxyl groups is 1. The molecular weight excluding hydrogens is 255 g/mol. The number of hydrogen-bond acceptors (Lipinski definition) is 3. The van der Waals surface area contributed by atoms with E-state index in [0.717, 1.165) is 37.2 Å². The van der Waals surface area contributed by atoms with Crippen LogP contribution in [0.4, 0.5) is 10.1 Å². The molecule has 0 amide bonds. The molecule has 0 bridgehead atoms. The van der Waals surface area contributed by atoms with E-state index in [2.05, 4.69) is 24.1 Å². The van der Waals surface area contributed by atoms with Crippen LogP contribution in [-0.4, -0.2) is 30.8 Å². The third-order valence-corrected chi connectivity index (χ3v) is 3.90. The predicted molar refractivity (Wildman–Crippen MR) is 80.4 cm³/mol. The highest BCUT2D eigenvalue weighted by atomic mass is 19.1. The van der Waals surface area contributed by atoms with E-state index in [-0.39, 0.29) is 12.4 Å². The maximum absolute atomic E-state index is 14.1. The first-order chi connectivity index (χ1) is 9.61. The van der Waals surface area contributed by atoms with Gasteiger partial charge in [-0.1, -0.05) is 19.9 Å². The Hall–Kier alpha value is -1.13. The number of piperidine rings is 1. The fourth-order valence-corrected chi connectivity index (χ4v) is 2.76. The quantitative estimate of drug-likeness (QED) is 0.870. The van der Waals surface area contributed by atoms with Gasteiger partial charge in [-0.3, -0.25) is 0 Å². The Labute approximate surface area is 120 Å². The van der Waals surface area contributed by atoms with Crippen LogP contribution < -0.4 is 10.2 Å². The summed E-state index contributed by atoms with van der Waals surface area (Å²) in [5, 5.41) is 12.6. The van der Waals surface area contributed by atoms with Gasteiger partial charge in [0.05, 0.1) is 0 Å². The Morgan fingerprint density at radius 2 is 2.25 bits per heavy atom. The lowest BCUT2D eigenvalue weighted by atomic mass is 9.97. The van der Waals surface area contributed by atoms with E-state index in [9.17, 15) is 9.50 Å². The largest absolute Gasteiger partial charge is 0.396 e. The minimum atomic E-state index is -0.151. The monoisotopic (exact) mass is 280 g/mol. The van der Waals surface area contributed by atoms with E-state index >= 15 is 0 Å². The van der Waals surface area contributed by atoms with Crippen molar-refractivity contribution < 1.29 is 9.50 Å². The van der Waals surface area contributed by atoms with E-state index in [1.165, 1.54) is 6.07 Å². The summed E-state index contributed by atoms with van der Waals surface area (Å²) in [5.41, 5.74) is 1.70. The van der Waals surface area contributed by atoms with Crippen molar-refractivity contribution in [3.8, 4) is 0 Å². The van der Waals surface area contributed by atoms with Crippen LogP contribution in [0.3, 0.4) is 0 Å². The van der Waals surface area contributed by atoms with Crippen LogP contribution in [0.5, 0.6) is 0 Å². The average molecular weight is 280 g/mol. The van der Waals surface area contributed by atoms with Gasteiger partial charge in [-0.15, -0.1) is 0 Å². The zero-order valence-electron chi connectivity index (χ0n) is 12.4. The number of aliphatic hydroxyl groups excluding tert-OH is 1. The van der Waals surface area contributed by atoms with Gasteiger partial charge in [-0.2, -0.15) is 0 Å². The fourth-order valence-electron chi connectivity index (χ4n) is 2.76. The molecule has 0 aliphatic carbocycles. The Bertz CT molecular complexity index is 436. The molecule has 1 fully saturated rings. The smallest absolute Gasteiger partial charge is 0.129 e. The standard InChI is InChI=1S/C16H25FN2O/c1-12(2)18-9-14-15(17)6-3-7-16(14)19-8-4-5-13(10-19)11-20/h3,6-7,12-13,18,20H,4-5,8-11H2,1-2H3. The Morgan fingerprint density at radius 1 is 1.45 bits per heavy atom. The molecule has 4 heteroatoms. The second-order valence-corrected chi connectivity index (χ2v) is 5.91. The summed E-state index contributed by atoms with van der Waals surface area (Å²) >= 11 is 0. The second kappa shape index (κ2) is 7.04. The van der Waals surface area contributed by atoms with Crippen LogP contribution in [0.2, 0.25) is 0 Å². The van der Waals surface area contributed by atoms with Crippen molar-refractivity contribution >= 4 is 5.69 Å². The third-order valence-electron chi connectivity index (χ3n) is 3.90. The van der Waals surface area contributed by atoms with Gasteiger partial charge in [0, 0.05) is 43.5 Å². The van der Waals surface area contributed by atoms with Crippen LogP contribution >= 0.6 is 0 Å². The maximum Gasteiger partial charge on any atom is 0.129 e. The molecule has 1 aliphatic heterocycles. The van der Waals surface area contributed by atoms with E-state index in [1.807, 2.05) is 6.07 Å². The minimum absolute atomic E-state index is 0.151. The molecule has 20 heavy (non-hydrogen) atoms. The fraction of sp³-hybridized carbons (Fsp3) is 0.625. The molecule has 0 aromatic heterocycles. The summed E-state index contributed by atoms with van der Waals surface area (Å²) in [6.07, 6.45) is 2.11. The van der Waals surface area contributed by atoms with Crippen LogP contribution in [-0.2, 0) is 6.54 Å². The topological polar surface area (TPSA) is 35.5 Å². The number of anilines is 1. The van der Waals surface area contributed by atoms with Gasteiger partial charge in [0.25, 0.3) is 0 Å². The molecule has 1 aromatic rings. The highest BCUT2D eigenvalue weighted by Crippen LogP contribution is 2.28. The highest BCUT2D eigenvalue weighted by molar-refractivity contribution is 5.54. The van der Waals surface area contributed by atoms with Crippen molar-refractivity contribution in [3.63, 3.8) is 0 Å². The van der Waals surface area contributed by atoms with Gasteiger partial charge < -0.3 is 15.3 Å². The molecule has 1 atom stereocenters. The van der Waals surface area contributed by atoms with Crippen LogP contribution in [0.1, 0.15) is 32.3 Å².